The van der Waals surface area contributed by atoms with Crippen molar-refractivity contribution in [2.45, 2.75) is 21.1 Å². The lowest BCUT2D eigenvalue weighted by atomic mass is 10.2. The van der Waals surface area contributed by atoms with Crippen LogP contribution < -0.4 is 0 Å². The first kappa shape index (κ1) is 21.0. The van der Waals surface area contributed by atoms with Crippen molar-refractivity contribution in [1.82, 2.24) is 4.31 Å². The van der Waals surface area contributed by atoms with Crippen LogP contribution in [0.5, 0.6) is 0 Å². The molecule has 1 aliphatic heterocycles. The van der Waals surface area contributed by atoms with Gasteiger partial charge in [0.15, 0.2) is 9.84 Å². The van der Waals surface area contributed by atoms with E-state index in [0.717, 1.165) is 4.31 Å². The van der Waals surface area contributed by atoms with Crippen molar-refractivity contribution in [2.75, 3.05) is 13.1 Å². The van der Waals surface area contributed by atoms with Gasteiger partial charge in [0, 0.05) is 18.1 Å². The summed E-state index contributed by atoms with van der Waals surface area (Å²) in [5.74, 6) is 0. The van der Waals surface area contributed by atoms with Crippen LogP contribution in [0.4, 0.5) is 0 Å². The molecule has 2 atom stereocenters. The van der Waals surface area contributed by atoms with Crippen molar-refractivity contribution >= 4 is 43.1 Å². The zero-order chi connectivity index (χ0) is 20.7. The van der Waals surface area contributed by atoms with Crippen molar-refractivity contribution in [1.29, 1.82) is 5.26 Å². The number of nitrogens with zero attached hydrogens (tertiary/aromatic N) is 2. The minimum atomic E-state index is -4.13. The van der Waals surface area contributed by atoms with Crippen molar-refractivity contribution in [2.24, 2.45) is 0 Å². The maximum absolute atomic E-state index is 12.9. The first-order valence-corrected chi connectivity index (χ1v) is 11.7. The molecule has 0 spiro atoms. The summed E-state index contributed by atoms with van der Waals surface area (Å²) in [5, 5.41) is 17.9. The number of halogens is 2. The molecule has 1 fully saturated rings. The Morgan fingerprint density at radius 2 is 1.68 bits per heavy atom. The summed E-state index contributed by atoms with van der Waals surface area (Å²) in [5.41, 5.74) is 0.285. The predicted octanol–water partition coefficient (Wildman–Crippen LogP) is 2.07. The summed E-state index contributed by atoms with van der Waals surface area (Å²) >= 11 is 11.8. The van der Waals surface area contributed by atoms with Crippen molar-refractivity contribution in [3.05, 3.63) is 58.1 Å². The van der Waals surface area contributed by atoms with E-state index in [2.05, 4.69) is 0 Å². The van der Waals surface area contributed by atoms with Gasteiger partial charge in [0.2, 0.25) is 10.0 Å². The number of hydrogen-bond acceptors (Lipinski definition) is 6. The molecule has 0 bridgehead atoms. The Hall–Kier alpha value is -1.67. The monoisotopic (exact) mass is 460 g/mol. The number of sulfone groups is 1. The number of rotatable bonds is 4. The lowest BCUT2D eigenvalue weighted by molar-refractivity contribution is 0.190. The molecular weight excluding hydrogens is 447 g/mol. The Morgan fingerprint density at radius 3 is 2.25 bits per heavy atom. The van der Waals surface area contributed by atoms with Gasteiger partial charge in [-0.3, -0.25) is 0 Å². The summed E-state index contributed by atoms with van der Waals surface area (Å²) < 4.78 is 52.3. The van der Waals surface area contributed by atoms with E-state index in [9.17, 15) is 21.9 Å². The van der Waals surface area contributed by atoms with Crippen LogP contribution in [0, 0.1) is 11.3 Å². The summed E-state index contributed by atoms with van der Waals surface area (Å²) in [6, 6.07) is 10.9. The standard InChI is InChI=1S/C17H14Cl2N2O5S2/c18-12-3-6-16(14(19)7-12)28(25,26)21-9-15(22)17(10-21)27(23,24)13-4-1-11(8-20)2-5-13/h1-7,15,17,22H,9-10H2/t15-,17-/m0/s1. The van der Waals surface area contributed by atoms with Crippen molar-refractivity contribution in [3.8, 4) is 6.07 Å². The number of benzene rings is 2. The molecule has 0 amide bonds. The average Bonchev–Trinajstić information content (AvgIpc) is 3.05. The third kappa shape index (κ3) is 3.76. The molecule has 28 heavy (non-hydrogen) atoms. The van der Waals surface area contributed by atoms with Crippen molar-refractivity contribution in [3.63, 3.8) is 0 Å². The molecule has 2 aromatic carbocycles. The molecule has 1 N–H and O–H groups in total. The number of aliphatic hydroxyl groups excluding tert-OH is 1. The molecule has 3 rings (SSSR count). The predicted molar refractivity (Wildman–Crippen MR) is 103 cm³/mol. The Bertz CT molecular complexity index is 1160. The molecule has 0 unspecified atom stereocenters. The molecule has 148 valence electrons. The van der Waals surface area contributed by atoms with E-state index in [0.29, 0.717) is 0 Å². The molecule has 1 heterocycles. The molecule has 7 nitrogen and oxygen atoms in total. The van der Waals surface area contributed by atoms with Crippen LogP contribution in [0.15, 0.2) is 52.3 Å². The highest BCUT2D eigenvalue weighted by molar-refractivity contribution is 7.92. The quantitative estimate of drug-likeness (QED) is 0.746. The molecule has 11 heteroatoms. The van der Waals surface area contributed by atoms with Gasteiger partial charge in [-0.25, -0.2) is 16.8 Å². The van der Waals surface area contributed by atoms with Crippen LogP contribution in [-0.4, -0.2) is 50.7 Å². The largest absolute Gasteiger partial charge is 0.390 e. The molecule has 0 radical (unpaired) electrons. The van der Waals surface area contributed by atoms with E-state index in [1.807, 2.05) is 6.07 Å². The van der Waals surface area contributed by atoms with E-state index in [1.165, 1.54) is 42.5 Å². The van der Waals surface area contributed by atoms with Crippen LogP contribution in [0.2, 0.25) is 10.0 Å². The van der Waals surface area contributed by atoms with Gasteiger partial charge >= 0.3 is 0 Å². The Balaban J connectivity index is 1.92. The number of β-amino-alcohol motifs (C(OH)–C–C–N with tert-alkyl or cyclic N) is 1. The molecule has 0 aliphatic carbocycles. The summed E-state index contributed by atoms with van der Waals surface area (Å²) in [6.07, 6.45) is -1.42. The van der Waals surface area contributed by atoms with E-state index in [4.69, 9.17) is 28.5 Å². The van der Waals surface area contributed by atoms with Gasteiger partial charge in [-0.15, -0.1) is 0 Å². The van der Waals surface area contributed by atoms with Crippen LogP contribution >= 0.6 is 23.2 Å². The lowest BCUT2D eigenvalue weighted by Crippen LogP contribution is -2.33. The van der Waals surface area contributed by atoms with E-state index in [1.54, 1.807) is 0 Å². The maximum Gasteiger partial charge on any atom is 0.244 e. The van der Waals surface area contributed by atoms with E-state index in [-0.39, 0.29) is 31.9 Å². The van der Waals surface area contributed by atoms with Crippen molar-refractivity contribution < 1.29 is 21.9 Å². The number of sulfonamides is 1. The van der Waals surface area contributed by atoms with E-state index < -0.39 is 37.8 Å². The molecule has 0 aromatic heterocycles. The fourth-order valence-electron chi connectivity index (χ4n) is 2.94. The van der Waals surface area contributed by atoms with Crippen LogP contribution in [0.1, 0.15) is 5.56 Å². The third-order valence-electron chi connectivity index (χ3n) is 4.43. The smallest absolute Gasteiger partial charge is 0.244 e. The Kier molecular flexibility index (Phi) is 5.74. The van der Waals surface area contributed by atoms with Crippen LogP contribution in [0.3, 0.4) is 0 Å². The molecule has 1 saturated heterocycles. The Morgan fingerprint density at radius 1 is 1.04 bits per heavy atom. The second-order valence-electron chi connectivity index (χ2n) is 6.18. The highest BCUT2D eigenvalue weighted by Crippen LogP contribution is 2.32. The molecule has 2 aromatic rings. The first-order chi connectivity index (χ1) is 13.1. The normalized spacial score (nSPS) is 20.8. The average molecular weight is 461 g/mol. The van der Waals surface area contributed by atoms with Gasteiger partial charge in [-0.2, -0.15) is 9.57 Å². The van der Waals surface area contributed by atoms with Gasteiger partial charge in [0.25, 0.3) is 0 Å². The van der Waals surface area contributed by atoms with Gasteiger partial charge in [0.05, 0.1) is 27.7 Å². The summed E-state index contributed by atoms with van der Waals surface area (Å²) in [4.78, 5) is -0.318. The fourth-order valence-corrected chi connectivity index (χ4v) is 7.01. The summed E-state index contributed by atoms with van der Waals surface area (Å²) in [6.45, 7) is -0.813. The maximum atomic E-state index is 12.9. The van der Waals surface area contributed by atoms with Crippen LogP contribution in [0.25, 0.3) is 0 Å². The SMILES string of the molecule is N#Cc1ccc(S(=O)(=O)[C@H]2CN(S(=O)(=O)c3ccc(Cl)cc3Cl)C[C@@H]2O)cc1. The highest BCUT2D eigenvalue weighted by Gasteiger charge is 2.45. The topological polar surface area (TPSA) is 116 Å². The van der Waals surface area contributed by atoms with Gasteiger partial charge in [-0.1, -0.05) is 23.2 Å². The number of nitriles is 1. The third-order valence-corrected chi connectivity index (χ3v) is 9.16. The zero-order valence-electron chi connectivity index (χ0n) is 14.2. The lowest BCUT2D eigenvalue weighted by Gasteiger charge is -2.17. The van der Waals surface area contributed by atoms with E-state index >= 15 is 0 Å². The Labute approximate surface area is 172 Å². The van der Waals surface area contributed by atoms with Crippen LogP contribution in [-0.2, 0) is 19.9 Å². The molecule has 0 saturated carbocycles. The molecular formula is C17H14Cl2N2O5S2. The fraction of sp³-hybridized carbons (Fsp3) is 0.235. The minimum absolute atomic E-state index is 0.0969. The first-order valence-electron chi connectivity index (χ1n) is 7.94. The second-order valence-corrected chi connectivity index (χ2v) is 11.1. The summed E-state index contributed by atoms with van der Waals surface area (Å²) in [7, 11) is -8.15. The second kappa shape index (κ2) is 7.63. The highest BCUT2D eigenvalue weighted by atomic mass is 35.5. The minimum Gasteiger partial charge on any atom is -0.390 e. The number of aliphatic hydroxyl groups is 1. The van der Waals surface area contributed by atoms with Gasteiger partial charge in [-0.05, 0) is 42.5 Å². The van der Waals surface area contributed by atoms with Gasteiger partial charge in [0.1, 0.15) is 10.1 Å². The molecule has 1 aliphatic rings. The number of hydrogen-bond donors (Lipinski definition) is 1. The zero-order valence-corrected chi connectivity index (χ0v) is 17.3. The van der Waals surface area contributed by atoms with Gasteiger partial charge < -0.3 is 5.11 Å².